The summed E-state index contributed by atoms with van der Waals surface area (Å²) < 4.78 is 26.9. The fourth-order valence-electron chi connectivity index (χ4n) is 4.10. The number of amides is 1. The Morgan fingerprint density at radius 3 is 1.82 bits per heavy atom. The molecule has 0 atom stereocenters. The summed E-state index contributed by atoms with van der Waals surface area (Å²) in [6, 6.07) is 28.9. The molecular weight excluding hydrogens is 432 g/mol. The maximum Gasteiger partial charge on any atom is 0.236 e. The topological polar surface area (TPSA) is 66.5 Å². The van der Waals surface area contributed by atoms with E-state index in [1.165, 1.54) is 9.71 Å². The lowest BCUT2D eigenvalue weighted by Gasteiger charge is -2.31. The van der Waals surface area contributed by atoms with E-state index >= 15 is 0 Å². The summed E-state index contributed by atoms with van der Waals surface area (Å²) in [5, 5.41) is 4.45. The number of carbonyl (C=O) groups excluding carboxylic acids is 1. The highest BCUT2D eigenvalue weighted by atomic mass is 32.2. The van der Waals surface area contributed by atoms with E-state index < -0.39 is 10.0 Å². The first kappa shape index (κ1) is 23.0. The first-order chi connectivity index (χ1) is 16.0. The molecule has 1 fully saturated rings. The van der Waals surface area contributed by atoms with Crippen molar-refractivity contribution in [3.63, 3.8) is 0 Å². The van der Waals surface area contributed by atoms with Crippen LogP contribution in [0.3, 0.4) is 0 Å². The quantitative estimate of drug-likeness (QED) is 0.560. The summed E-state index contributed by atoms with van der Waals surface area (Å²) in [6.07, 6.45) is 2.61. The van der Waals surface area contributed by atoms with Crippen LogP contribution in [-0.2, 0) is 14.8 Å². The van der Waals surface area contributed by atoms with E-state index in [2.05, 4.69) is 5.32 Å². The molecule has 170 valence electrons. The van der Waals surface area contributed by atoms with Crippen LogP contribution in [0.1, 0.15) is 35.6 Å². The van der Waals surface area contributed by atoms with Gasteiger partial charge in [0.15, 0.2) is 0 Å². The molecule has 0 aromatic heterocycles. The Bertz CT molecular complexity index is 1130. The lowest BCUT2D eigenvalue weighted by molar-refractivity contribution is -0.126. The highest BCUT2D eigenvalue weighted by molar-refractivity contribution is 7.92. The summed E-state index contributed by atoms with van der Waals surface area (Å²) in [6.45, 7) is 0.668. The third-order valence-corrected chi connectivity index (χ3v) is 7.53. The van der Waals surface area contributed by atoms with E-state index in [1.54, 1.807) is 6.08 Å². The molecule has 0 aliphatic carbocycles. The molecule has 0 spiro atoms. The van der Waals surface area contributed by atoms with Crippen molar-refractivity contribution in [3.05, 3.63) is 113 Å². The third kappa shape index (κ3) is 5.97. The van der Waals surface area contributed by atoms with Gasteiger partial charge in [-0.05, 0) is 35.6 Å². The van der Waals surface area contributed by atoms with Gasteiger partial charge in [0.25, 0.3) is 0 Å². The minimum Gasteiger partial charge on any atom is -0.345 e. The number of rotatable bonds is 7. The summed E-state index contributed by atoms with van der Waals surface area (Å²) in [7, 11) is -3.52. The van der Waals surface area contributed by atoms with E-state index in [0.29, 0.717) is 25.9 Å². The molecule has 1 saturated heterocycles. The van der Waals surface area contributed by atoms with Crippen LogP contribution in [0.15, 0.2) is 96.4 Å². The number of nitrogens with zero attached hydrogens (tertiary/aromatic N) is 1. The molecule has 6 heteroatoms. The van der Waals surface area contributed by atoms with Crippen molar-refractivity contribution in [2.24, 2.45) is 5.92 Å². The number of hydrogen-bond donors (Lipinski definition) is 1. The van der Waals surface area contributed by atoms with E-state index in [1.807, 2.05) is 91.0 Å². The van der Waals surface area contributed by atoms with Gasteiger partial charge in [-0.1, -0.05) is 91.0 Å². The zero-order chi connectivity index (χ0) is 23.1. The van der Waals surface area contributed by atoms with Gasteiger partial charge in [0, 0.05) is 24.4 Å². The van der Waals surface area contributed by atoms with Crippen molar-refractivity contribution in [1.29, 1.82) is 0 Å². The molecule has 1 aliphatic rings. The van der Waals surface area contributed by atoms with E-state index in [0.717, 1.165) is 16.7 Å². The first-order valence-electron chi connectivity index (χ1n) is 11.2. The monoisotopic (exact) mass is 460 g/mol. The van der Waals surface area contributed by atoms with Crippen molar-refractivity contribution in [2.45, 2.75) is 18.9 Å². The molecule has 3 aromatic rings. The Labute approximate surface area is 195 Å². The molecular formula is C27H28N2O3S. The van der Waals surface area contributed by atoms with Crippen LogP contribution in [0, 0.1) is 5.92 Å². The SMILES string of the molecule is O=C(NC(c1ccccc1)c1ccccc1)C1CCN(S(=O)(=O)/C=C/c2ccccc2)CC1. The van der Waals surface area contributed by atoms with Gasteiger partial charge in [0.1, 0.15) is 0 Å². The second-order valence-corrected chi connectivity index (χ2v) is 10.0. The van der Waals surface area contributed by atoms with E-state index in [4.69, 9.17) is 0 Å². The van der Waals surface area contributed by atoms with Crippen molar-refractivity contribution in [2.75, 3.05) is 13.1 Å². The zero-order valence-corrected chi connectivity index (χ0v) is 19.2. The number of benzene rings is 3. The van der Waals surface area contributed by atoms with Gasteiger partial charge in [-0.3, -0.25) is 4.79 Å². The first-order valence-corrected chi connectivity index (χ1v) is 12.7. The van der Waals surface area contributed by atoms with E-state index in [9.17, 15) is 13.2 Å². The Morgan fingerprint density at radius 2 is 1.30 bits per heavy atom. The third-order valence-electron chi connectivity index (χ3n) is 5.97. The molecule has 1 heterocycles. The van der Waals surface area contributed by atoms with Crippen LogP contribution in [0.25, 0.3) is 6.08 Å². The molecule has 3 aromatic carbocycles. The average Bonchev–Trinajstić information content (AvgIpc) is 2.88. The highest BCUT2D eigenvalue weighted by Gasteiger charge is 2.31. The Kier molecular flexibility index (Phi) is 7.37. The van der Waals surface area contributed by atoms with Gasteiger partial charge in [0.2, 0.25) is 15.9 Å². The Balaban J connectivity index is 1.40. The number of hydrogen-bond acceptors (Lipinski definition) is 3. The van der Waals surface area contributed by atoms with Gasteiger partial charge in [0.05, 0.1) is 6.04 Å². The maximum atomic E-state index is 13.1. The van der Waals surface area contributed by atoms with Crippen molar-refractivity contribution < 1.29 is 13.2 Å². The van der Waals surface area contributed by atoms with Gasteiger partial charge in [-0.25, -0.2) is 8.42 Å². The lowest BCUT2D eigenvalue weighted by atomic mass is 9.94. The normalized spacial score (nSPS) is 15.7. The lowest BCUT2D eigenvalue weighted by Crippen LogP contribution is -2.43. The van der Waals surface area contributed by atoms with Crippen LogP contribution in [0.2, 0.25) is 0 Å². The van der Waals surface area contributed by atoms with Crippen LogP contribution in [0.5, 0.6) is 0 Å². The molecule has 5 nitrogen and oxygen atoms in total. The average molecular weight is 461 g/mol. The molecule has 0 saturated carbocycles. The molecule has 4 rings (SSSR count). The van der Waals surface area contributed by atoms with Crippen molar-refractivity contribution >= 4 is 22.0 Å². The summed E-state index contributed by atoms with van der Waals surface area (Å²) >= 11 is 0. The Morgan fingerprint density at radius 1 is 0.818 bits per heavy atom. The predicted molar refractivity (Wildman–Crippen MR) is 132 cm³/mol. The molecule has 0 radical (unpaired) electrons. The molecule has 0 unspecified atom stereocenters. The Hall–Kier alpha value is -3.22. The highest BCUT2D eigenvalue weighted by Crippen LogP contribution is 2.25. The number of carbonyl (C=O) groups is 1. The molecule has 33 heavy (non-hydrogen) atoms. The minimum absolute atomic E-state index is 0.0374. The van der Waals surface area contributed by atoms with Crippen LogP contribution in [-0.4, -0.2) is 31.7 Å². The van der Waals surface area contributed by atoms with Gasteiger partial charge < -0.3 is 5.32 Å². The molecule has 0 bridgehead atoms. The largest absolute Gasteiger partial charge is 0.345 e. The van der Waals surface area contributed by atoms with Gasteiger partial charge >= 0.3 is 0 Å². The van der Waals surface area contributed by atoms with Gasteiger partial charge in [-0.15, -0.1) is 0 Å². The smallest absolute Gasteiger partial charge is 0.236 e. The summed E-state index contributed by atoms with van der Waals surface area (Å²) in [5.74, 6) is -0.256. The van der Waals surface area contributed by atoms with Crippen LogP contribution < -0.4 is 5.32 Å². The van der Waals surface area contributed by atoms with E-state index in [-0.39, 0.29) is 17.9 Å². The standard InChI is InChI=1S/C27H28N2O3S/c30-27(28-26(23-12-6-2-7-13-23)24-14-8-3-9-15-24)25-16-19-29(20-17-25)33(31,32)21-18-22-10-4-1-5-11-22/h1-15,18,21,25-26H,16-17,19-20H2,(H,28,30)/b21-18+. The maximum absolute atomic E-state index is 13.1. The molecule has 1 amide bonds. The summed E-state index contributed by atoms with van der Waals surface area (Å²) in [5.41, 5.74) is 2.87. The van der Waals surface area contributed by atoms with Crippen molar-refractivity contribution in [1.82, 2.24) is 9.62 Å². The zero-order valence-electron chi connectivity index (χ0n) is 18.4. The van der Waals surface area contributed by atoms with Crippen LogP contribution >= 0.6 is 0 Å². The van der Waals surface area contributed by atoms with Gasteiger partial charge in [-0.2, -0.15) is 4.31 Å². The number of sulfonamides is 1. The number of nitrogens with one attached hydrogen (secondary N) is 1. The second-order valence-electron chi connectivity index (χ2n) is 8.19. The molecule has 1 aliphatic heterocycles. The fraction of sp³-hybridized carbons (Fsp3) is 0.222. The predicted octanol–water partition coefficient (Wildman–Crippen LogP) is 4.60. The summed E-state index contributed by atoms with van der Waals surface area (Å²) in [4.78, 5) is 13.1. The van der Waals surface area contributed by atoms with Crippen LogP contribution in [0.4, 0.5) is 0 Å². The fourth-order valence-corrected chi connectivity index (χ4v) is 5.32. The molecule has 1 N–H and O–H groups in total. The number of piperidine rings is 1. The second kappa shape index (κ2) is 10.6. The van der Waals surface area contributed by atoms with Crippen molar-refractivity contribution in [3.8, 4) is 0 Å². The minimum atomic E-state index is -3.52.